The number of carboxylic acids is 1. The van der Waals surface area contributed by atoms with Crippen molar-refractivity contribution in [3.8, 4) is 11.5 Å². The third-order valence-corrected chi connectivity index (χ3v) is 7.08. The number of carbonyl (C=O) groups is 2. The zero-order chi connectivity index (χ0) is 26.7. The van der Waals surface area contributed by atoms with E-state index in [4.69, 9.17) is 9.72 Å². The van der Waals surface area contributed by atoms with Crippen molar-refractivity contribution in [2.75, 3.05) is 0 Å². The summed E-state index contributed by atoms with van der Waals surface area (Å²) in [4.78, 5) is 29.4. The van der Waals surface area contributed by atoms with Gasteiger partial charge in [-0.05, 0) is 73.4 Å². The Balaban J connectivity index is 1.67. The van der Waals surface area contributed by atoms with Gasteiger partial charge in [0.2, 0.25) is 0 Å². The number of nitrogens with zero attached hydrogens (tertiary/aromatic N) is 1. The molecule has 1 aliphatic carbocycles. The summed E-state index contributed by atoms with van der Waals surface area (Å²) in [6.45, 7) is 7.00. The molecule has 7 heteroatoms. The van der Waals surface area contributed by atoms with Crippen LogP contribution < -0.4 is 10.1 Å². The number of pyridine rings is 1. The third-order valence-electron chi connectivity index (χ3n) is 7.08. The monoisotopic (exact) mass is 504 g/mol. The highest BCUT2D eigenvalue weighted by molar-refractivity contribution is 5.99. The van der Waals surface area contributed by atoms with Crippen molar-refractivity contribution in [1.82, 2.24) is 10.3 Å². The zero-order valence-corrected chi connectivity index (χ0v) is 22.0. The minimum Gasteiger partial charge on any atom is -0.480 e. The van der Waals surface area contributed by atoms with E-state index in [-0.39, 0.29) is 5.69 Å². The first-order valence-electron chi connectivity index (χ1n) is 13.0. The second-order valence-corrected chi connectivity index (χ2v) is 10.9. The van der Waals surface area contributed by atoms with E-state index in [0.717, 1.165) is 41.5 Å². The molecule has 196 valence electrons. The lowest BCUT2D eigenvalue weighted by Crippen LogP contribution is -2.54. The van der Waals surface area contributed by atoms with Crippen LogP contribution in [0.25, 0.3) is 10.8 Å². The predicted molar refractivity (Wildman–Crippen MR) is 143 cm³/mol. The molecule has 2 aromatic carbocycles. The van der Waals surface area contributed by atoms with Crippen LogP contribution in [-0.4, -0.2) is 38.7 Å². The van der Waals surface area contributed by atoms with Gasteiger partial charge in [0.1, 0.15) is 17.2 Å². The number of amides is 1. The lowest BCUT2D eigenvalue weighted by atomic mass is 9.96. The van der Waals surface area contributed by atoms with E-state index in [0.29, 0.717) is 17.6 Å². The molecule has 1 fully saturated rings. The maximum absolute atomic E-state index is 13.1. The molecule has 1 aromatic heterocycles. The SMILES string of the molecule is CC(C)c1ccc(Oc2ccc3cc(C(=O)N[C@H](C(=O)O)C(C)(C)O)nc(CC4CCCC4)c3c2)cc1. The minimum absolute atomic E-state index is 0.133. The molecule has 0 saturated heterocycles. The minimum atomic E-state index is -1.63. The lowest BCUT2D eigenvalue weighted by Gasteiger charge is -2.26. The van der Waals surface area contributed by atoms with E-state index in [1.807, 2.05) is 30.3 Å². The van der Waals surface area contributed by atoms with E-state index in [1.165, 1.54) is 32.3 Å². The summed E-state index contributed by atoms with van der Waals surface area (Å²) < 4.78 is 6.14. The lowest BCUT2D eigenvalue weighted by molar-refractivity contribution is -0.145. The molecule has 0 spiro atoms. The first-order chi connectivity index (χ1) is 17.5. The fourth-order valence-corrected chi connectivity index (χ4v) is 4.92. The molecule has 1 saturated carbocycles. The van der Waals surface area contributed by atoms with Crippen LogP contribution in [0.1, 0.15) is 81.0 Å². The van der Waals surface area contributed by atoms with Crippen molar-refractivity contribution in [2.24, 2.45) is 5.92 Å². The predicted octanol–water partition coefficient (Wildman–Crippen LogP) is 5.84. The van der Waals surface area contributed by atoms with Crippen molar-refractivity contribution in [2.45, 2.75) is 77.4 Å². The molecule has 3 aromatic rings. The van der Waals surface area contributed by atoms with Gasteiger partial charge in [0.05, 0.1) is 5.60 Å². The van der Waals surface area contributed by atoms with Crippen molar-refractivity contribution >= 4 is 22.6 Å². The van der Waals surface area contributed by atoms with Gasteiger partial charge in [-0.1, -0.05) is 57.7 Å². The Labute approximate surface area is 217 Å². The highest BCUT2D eigenvalue weighted by atomic mass is 16.5. The van der Waals surface area contributed by atoms with Crippen molar-refractivity contribution in [1.29, 1.82) is 0 Å². The van der Waals surface area contributed by atoms with Gasteiger partial charge in [-0.2, -0.15) is 0 Å². The molecule has 1 amide bonds. The van der Waals surface area contributed by atoms with Crippen LogP contribution in [-0.2, 0) is 11.2 Å². The highest BCUT2D eigenvalue weighted by Gasteiger charge is 2.35. The summed E-state index contributed by atoms with van der Waals surface area (Å²) in [5.74, 6) is 0.427. The Morgan fingerprint density at radius 2 is 1.70 bits per heavy atom. The van der Waals surface area contributed by atoms with Crippen LogP contribution in [0.2, 0.25) is 0 Å². The summed E-state index contributed by atoms with van der Waals surface area (Å²) in [7, 11) is 0. The number of aromatic nitrogens is 1. The van der Waals surface area contributed by atoms with Gasteiger partial charge >= 0.3 is 5.97 Å². The number of ether oxygens (including phenoxy) is 1. The first-order valence-corrected chi connectivity index (χ1v) is 13.0. The van der Waals surface area contributed by atoms with Crippen LogP contribution in [0.15, 0.2) is 48.5 Å². The molecule has 1 aliphatic rings. The zero-order valence-electron chi connectivity index (χ0n) is 22.0. The number of rotatable bonds is 9. The van der Waals surface area contributed by atoms with Crippen molar-refractivity contribution in [3.63, 3.8) is 0 Å². The molecule has 4 rings (SSSR count). The number of benzene rings is 2. The molecule has 1 atom stereocenters. The molecule has 0 radical (unpaired) electrons. The van der Waals surface area contributed by atoms with Crippen molar-refractivity contribution in [3.05, 3.63) is 65.5 Å². The average molecular weight is 505 g/mol. The van der Waals surface area contributed by atoms with Crippen molar-refractivity contribution < 1.29 is 24.5 Å². The first kappa shape index (κ1) is 26.6. The van der Waals surface area contributed by atoms with Gasteiger partial charge < -0.3 is 20.3 Å². The molecule has 0 bridgehead atoms. The van der Waals surface area contributed by atoms with Crippen LogP contribution in [0.3, 0.4) is 0 Å². The number of aliphatic hydroxyl groups is 1. The Bertz CT molecular complexity index is 1270. The standard InChI is InChI=1S/C30H36N2O5/c1-18(2)20-9-12-22(13-10-20)37-23-14-11-21-16-26(28(33)32-27(29(34)35)30(3,4)36)31-25(24(21)17-23)15-19-7-5-6-8-19/h9-14,16-19,27,36H,5-8,15H2,1-4H3,(H,32,33)(H,34,35)/t27-/m1/s1. The summed E-state index contributed by atoms with van der Waals surface area (Å²) in [5, 5.41) is 23.9. The van der Waals surface area contributed by atoms with E-state index in [1.54, 1.807) is 6.07 Å². The number of fused-ring (bicyclic) bond motifs is 1. The number of hydrogen-bond acceptors (Lipinski definition) is 5. The molecule has 0 aliphatic heterocycles. The normalized spacial score (nSPS) is 15.2. The second kappa shape index (κ2) is 10.9. The number of carboxylic acid groups (broad SMARTS) is 1. The van der Waals surface area contributed by atoms with Gasteiger partial charge in [0.15, 0.2) is 6.04 Å². The molecular formula is C30H36N2O5. The van der Waals surface area contributed by atoms with Gasteiger partial charge in [0.25, 0.3) is 5.91 Å². The van der Waals surface area contributed by atoms with Gasteiger partial charge in [0, 0.05) is 11.1 Å². The Morgan fingerprint density at radius 3 is 2.30 bits per heavy atom. The second-order valence-electron chi connectivity index (χ2n) is 10.9. The Kier molecular flexibility index (Phi) is 7.83. The topological polar surface area (TPSA) is 109 Å². The summed E-state index contributed by atoms with van der Waals surface area (Å²) in [6, 6.07) is 14.0. The molecule has 3 N–H and O–H groups in total. The largest absolute Gasteiger partial charge is 0.480 e. The number of carbonyl (C=O) groups excluding carboxylic acids is 1. The fourth-order valence-electron chi connectivity index (χ4n) is 4.92. The molecule has 37 heavy (non-hydrogen) atoms. The maximum atomic E-state index is 13.1. The number of aliphatic carboxylic acids is 1. The average Bonchev–Trinajstić information content (AvgIpc) is 3.35. The van der Waals surface area contributed by atoms with Crippen LogP contribution in [0.4, 0.5) is 0 Å². The third kappa shape index (κ3) is 6.46. The summed E-state index contributed by atoms with van der Waals surface area (Å²) in [5.41, 5.74) is 0.540. The molecule has 7 nitrogen and oxygen atoms in total. The van der Waals surface area contributed by atoms with Crippen LogP contribution in [0.5, 0.6) is 11.5 Å². The smallest absolute Gasteiger partial charge is 0.329 e. The van der Waals surface area contributed by atoms with E-state index < -0.39 is 23.5 Å². The Morgan fingerprint density at radius 1 is 1.05 bits per heavy atom. The maximum Gasteiger partial charge on any atom is 0.329 e. The van der Waals surface area contributed by atoms with Crippen LogP contribution >= 0.6 is 0 Å². The number of hydrogen-bond donors (Lipinski definition) is 3. The Hall–Kier alpha value is -3.45. The van der Waals surface area contributed by atoms with Gasteiger partial charge in [-0.15, -0.1) is 0 Å². The summed E-state index contributed by atoms with van der Waals surface area (Å²) >= 11 is 0. The quantitative estimate of drug-likeness (QED) is 0.338. The van der Waals surface area contributed by atoms with Gasteiger partial charge in [-0.3, -0.25) is 4.79 Å². The fraction of sp³-hybridized carbons (Fsp3) is 0.433. The van der Waals surface area contributed by atoms with Gasteiger partial charge in [-0.25, -0.2) is 9.78 Å². The highest BCUT2D eigenvalue weighted by Crippen LogP contribution is 2.33. The number of nitrogens with one attached hydrogen (secondary N) is 1. The van der Waals surface area contributed by atoms with E-state index in [9.17, 15) is 19.8 Å². The molecule has 1 heterocycles. The van der Waals surface area contributed by atoms with Crippen LogP contribution in [0, 0.1) is 5.92 Å². The molecule has 0 unspecified atom stereocenters. The van der Waals surface area contributed by atoms with E-state index >= 15 is 0 Å². The van der Waals surface area contributed by atoms with E-state index in [2.05, 4.69) is 31.3 Å². The summed E-state index contributed by atoms with van der Waals surface area (Å²) in [6.07, 6.45) is 5.36. The molecular weight excluding hydrogens is 468 g/mol.